The molecule has 0 aliphatic carbocycles. The fourth-order valence-electron chi connectivity index (χ4n) is 3.85. The molecule has 29 heavy (non-hydrogen) atoms. The van der Waals surface area contributed by atoms with Crippen LogP contribution < -0.4 is 0 Å². The first kappa shape index (κ1) is 21.1. The van der Waals surface area contributed by atoms with Crippen LogP contribution in [0.5, 0.6) is 0 Å². The lowest BCUT2D eigenvalue weighted by Crippen LogP contribution is -2.07. The molecule has 4 heteroatoms. The third-order valence-corrected chi connectivity index (χ3v) is 5.38. The van der Waals surface area contributed by atoms with Gasteiger partial charge in [0.25, 0.3) is 0 Å². The number of ether oxygens (including phenoxy) is 2. The summed E-state index contributed by atoms with van der Waals surface area (Å²) in [6.45, 7) is 7.14. The highest BCUT2D eigenvalue weighted by molar-refractivity contribution is 5.94. The summed E-state index contributed by atoms with van der Waals surface area (Å²) in [5.41, 5.74) is 5.54. The summed E-state index contributed by atoms with van der Waals surface area (Å²) in [5, 5.41) is 1.14. The van der Waals surface area contributed by atoms with Crippen LogP contribution in [-0.4, -0.2) is 30.4 Å². The van der Waals surface area contributed by atoms with Gasteiger partial charge in [-0.15, -0.1) is 0 Å². The zero-order valence-corrected chi connectivity index (χ0v) is 18.1. The monoisotopic (exact) mass is 393 g/mol. The van der Waals surface area contributed by atoms with Crippen molar-refractivity contribution in [2.75, 3.05) is 13.7 Å². The van der Waals surface area contributed by atoms with Crippen molar-refractivity contribution >= 4 is 16.9 Å². The van der Waals surface area contributed by atoms with Gasteiger partial charge in [0.05, 0.1) is 25.4 Å². The minimum Gasteiger partial charge on any atom is -0.465 e. The zero-order chi connectivity index (χ0) is 21.0. The van der Waals surface area contributed by atoms with E-state index in [1.165, 1.54) is 23.9 Å². The minimum atomic E-state index is -0.305. The molecule has 0 saturated heterocycles. The van der Waals surface area contributed by atoms with Crippen molar-refractivity contribution in [2.45, 2.75) is 45.6 Å². The highest BCUT2D eigenvalue weighted by atomic mass is 16.5. The lowest BCUT2D eigenvalue weighted by molar-refractivity contribution is 0.0601. The van der Waals surface area contributed by atoms with Crippen LogP contribution in [0.25, 0.3) is 10.9 Å². The molecule has 0 fully saturated rings. The maximum atomic E-state index is 11.9. The SMILES string of the molecule is COC(=O)c1ccc2cc(C(C)Cc3cccc(CCOC(C)C)c3)n(C)c2c1. The topological polar surface area (TPSA) is 40.5 Å². The highest BCUT2D eigenvalue weighted by Crippen LogP contribution is 2.28. The Hall–Kier alpha value is -2.59. The van der Waals surface area contributed by atoms with Crippen molar-refractivity contribution in [1.29, 1.82) is 0 Å². The Morgan fingerprint density at radius 2 is 1.79 bits per heavy atom. The molecular weight excluding hydrogens is 362 g/mol. The molecule has 154 valence electrons. The molecule has 1 heterocycles. The molecule has 1 atom stereocenters. The molecule has 3 aromatic rings. The number of fused-ring (bicyclic) bond motifs is 1. The van der Waals surface area contributed by atoms with E-state index in [-0.39, 0.29) is 12.1 Å². The van der Waals surface area contributed by atoms with Gasteiger partial charge in [0.2, 0.25) is 0 Å². The number of nitrogens with zero attached hydrogens (tertiary/aromatic N) is 1. The van der Waals surface area contributed by atoms with E-state index >= 15 is 0 Å². The summed E-state index contributed by atoms with van der Waals surface area (Å²) >= 11 is 0. The van der Waals surface area contributed by atoms with Gasteiger partial charge in [0, 0.05) is 24.2 Å². The Bertz CT molecular complexity index is 987. The van der Waals surface area contributed by atoms with Gasteiger partial charge in [-0.2, -0.15) is 0 Å². The lowest BCUT2D eigenvalue weighted by Gasteiger charge is -2.14. The van der Waals surface area contributed by atoms with E-state index in [1.807, 2.05) is 18.2 Å². The van der Waals surface area contributed by atoms with E-state index in [0.29, 0.717) is 11.5 Å². The Morgan fingerprint density at radius 3 is 2.52 bits per heavy atom. The molecule has 1 unspecified atom stereocenters. The van der Waals surface area contributed by atoms with Gasteiger partial charge in [0.15, 0.2) is 0 Å². The molecule has 2 aromatic carbocycles. The van der Waals surface area contributed by atoms with Gasteiger partial charge >= 0.3 is 5.97 Å². The predicted molar refractivity (Wildman–Crippen MR) is 118 cm³/mol. The van der Waals surface area contributed by atoms with E-state index in [2.05, 4.69) is 62.7 Å². The maximum Gasteiger partial charge on any atom is 0.337 e. The minimum absolute atomic E-state index is 0.268. The maximum absolute atomic E-state index is 11.9. The number of hydrogen-bond acceptors (Lipinski definition) is 3. The summed E-state index contributed by atoms with van der Waals surface area (Å²) < 4.78 is 12.7. The molecule has 0 bridgehead atoms. The third kappa shape index (κ3) is 5.07. The fourth-order valence-corrected chi connectivity index (χ4v) is 3.85. The van der Waals surface area contributed by atoms with Crippen LogP contribution in [0.4, 0.5) is 0 Å². The third-order valence-electron chi connectivity index (χ3n) is 5.38. The van der Waals surface area contributed by atoms with E-state index in [4.69, 9.17) is 9.47 Å². The summed E-state index contributed by atoms with van der Waals surface area (Å²) in [5.74, 6) is 0.0529. The number of methoxy groups -OCH3 is 1. The molecule has 3 rings (SSSR count). The number of benzene rings is 2. The molecule has 1 aromatic heterocycles. The number of carbonyl (C=O) groups is 1. The number of carbonyl (C=O) groups excluding carboxylic acids is 1. The molecule has 4 nitrogen and oxygen atoms in total. The highest BCUT2D eigenvalue weighted by Gasteiger charge is 2.15. The molecular formula is C25H31NO3. The van der Waals surface area contributed by atoms with Crippen molar-refractivity contribution in [3.8, 4) is 0 Å². The fraction of sp³-hybridized carbons (Fsp3) is 0.400. The molecule has 0 aliphatic rings. The largest absolute Gasteiger partial charge is 0.465 e. The number of aryl methyl sites for hydroxylation is 1. The van der Waals surface area contributed by atoms with Crippen molar-refractivity contribution in [1.82, 2.24) is 4.57 Å². The van der Waals surface area contributed by atoms with E-state index < -0.39 is 0 Å². The van der Waals surface area contributed by atoms with Gasteiger partial charge in [-0.3, -0.25) is 0 Å². The molecule has 0 aliphatic heterocycles. The second-order valence-corrected chi connectivity index (χ2v) is 7.99. The van der Waals surface area contributed by atoms with Gasteiger partial charge in [0.1, 0.15) is 0 Å². The van der Waals surface area contributed by atoms with Crippen LogP contribution >= 0.6 is 0 Å². The Kier molecular flexibility index (Phi) is 6.75. The first-order valence-electron chi connectivity index (χ1n) is 10.3. The van der Waals surface area contributed by atoms with E-state index in [0.717, 1.165) is 30.4 Å². The lowest BCUT2D eigenvalue weighted by atomic mass is 9.96. The number of rotatable bonds is 8. The van der Waals surface area contributed by atoms with Gasteiger partial charge in [-0.25, -0.2) is 4.79 Å². The van der Waals surface area contributed by atoms with Crippen molar-refractivity contribution in [2.24, 2.45) is 7.05 Å². The van der Waals surface area contributed by atoms with Crippen molar-refractivity contribution in [3.05, 3.63) is 70.9 Å². The number of esters is 1. The van der Waals surface area contributed by atoms with Crippen LogP contribution in [0.3, 0.4) is 0 Å². The van der Waals surface area contributed by atoms with Gasteiger partial charge in [-0.05, 0) is 61.4 Å². The second kappa shape index (κ2) is 9.27. The van der Waals surface area contributed by atoms with Gasteiger partial charge < -0.3 is 14.0 Å². The number of aromatic nitrogens is 1. The summed E-state index contributed by atoms with van der Waals surface area (Å²) in [6.07, 6.45) is 2.17. The Balaban J connectivity index is 1.77. The van der Waals surface area contributed by atoms with Crippen LogP contribution in [-0.2, 0) is 29.4 Å². The smallest absolute Gasteiger partial charge is 0.337 e. The average molecular weight is 394 g/mol. The molecule has 0 spiro atoms. The molecule has 0 N–H and O–H groups in total. The number of hydrogen-bond donors (Lipinski definition) is 0. The quantitative estimate of drug-likeness (QED) is 0.489. The van der Waals surface area contributed by atoms with Crippen LogP contribution in [0.2, 0.25) is 0 Å². The average Bonchev–Trinajstić information content (AvgIpc) is 3.03. The van der Waals surface area contributed by atoms with Crippen molar-refractivity contribution < 1.29 is 14.3 Å². The summed E-state index contributed by atoms with van der Waals surface area (Å²) in [4.78, 5) is 11.9. The Labute approximate surface area is 173 Å². The summed E-state index contributed by atoms with van der Waals surface area (Å²) in [6, 6.07) is 16.7. The van der Waals surface area contributed by atoms with E-state index in [9.17, 15) is 4.79 Å². The summed E-state index contributed by atoms with van der Waals surface area (Å²) in [7, 11) is 3.48. The Morgan fingerprint density at radius 1 is 1.03 bits per heavy atom. The van der Waals surface area contributed by atoms with Crippen LogP contribution in [0.1, 0.15) is 53.9 Å². The first-order chi connectivity index (χ1) is 13.9. The van der Waals surface area contributed by atoms with Gasteiger partial charge in [-0.1, -0.05) is 37.3 Å². The molecule has 0 saturated carbocycles. The standard InChI is InChI=1S/C25H31NO3/c1-17(2)29-12-11-19-7-6-8-20(14-19)13-18(3)23-15-21-9-10-22(25(27)28-5)16-24(21)26(23)4/h6-10,14-18H,11-13H2,1-5H3. The zero-order valence-electron chi connectivity index (χ0n) is 18.1. The second-order valence-electron chi connectivity index (χ2n) is 7.99. The molecule has 0 amide bonds. The first-order valence-corrected chi connectivity index (χ1v) is 10.3. The van der Waals surface area contributed by atoms with Crippen LogP contribution in [0, 0.1) is 0 Å². The van der Waals surface area contributed by atoms with Crippen LogP contribution in [0.15, 0.2) is 48.5 Å². The molecule has 0 radical (unpaired) electrons. The normalized spacial score (nSPS) is 12.5. The van der Waals surface area contributed by atoms with Crippen molar-refractivity contribution in [3.63, 3.8) is 0 Å². The van der Waals surface area contributed by atoms with E-state index in [1.54, 1.807) is 0 Å². The predicted octanol–water partition coefficient (Wildman–Crippen LogP) is 5.28.